The summed E-state index contributed by atoms with van der Waals surface area (Å²) in [6, 6.07) is 6.49. The van der Waals surface area contributed by atoms with Crippen molar-refractivity contribution >= 4 is 17.5 Å². The largest absolute Gasteiger partial charge is 0.497 e. The highest BCUT2D eigenvalue weighted by atomic mass is 16.7. The summed E-state index contributed by atoms with van der Waals surface area (Å²) < 4.78 is 5.00. The van der Waals surface area contributed by atoms with Gasteiger partial charge in [-0.3, -0.25) is 4.79 Å². The van der Waals surface area contributed by atoms with E-state index in [9.17, 15) is 9.59 Å². The van der Waals surface area contributed by atoms with Gasteiger partial charge in [0.15, 0.2) is 5.78 Å². The Bertz CT molecular complexity index is 624. The number of carbonyl (C=O) groups is 2. The van der Waals surface area contributed by atoms with Crippen LogP contribution in [0.5, 0.6) is 5.75 Å². The Morgan fingerprint density at radius 2 is 1.85 bits per heavy atom. The number of rotatable bonds is 3. The summed E-state index contributed by atoms with van der Waals surface area (Å²) in [5, 5.41) is 3.71. The molecule has 0 unspecified atom stereocenters. The fourth-order valence-electron chi connectivity index (χ4n) is 1.56. The van der Waals surface area contributed by atoms with E-state index in [0.717, 1.165) is 0 Å². The van der Waals surface area contributed by atoms with Crippen LogP contribution in [0.15, 0.2) is 53.2 Å². The van der Waals surface area contributed by atoms with E-state index in [1.165, 1.54) is 12.2 Å². The zero-order chi connectivity index (χ0) is 14.5. The third-order valence-electron chi connectivity index (χ3n) is 2.72. The summed E-state index contributed by atoms with van der Waals surface area (Å²) in [4.78, 5) is 27.8. The fourth-order valence-corrected chi connectivity index (χ4v) is 1.56. The third-order valence-corrected chi connectivity index (χ3v) is 2.72. The smallest absolute Gasteiger partial charge is 0.365 e. The van der Waals surface area contributed by atoms with Crippen LogP contribution in [0, 0.1) is 0 Å². The topological polar surface area (TPSA) is 65.0 Å². The van der Waals surface area contributed by atoms with Gasteiger partial charge in [0.1, 0.15) is 11.5 Å². The minimum atomic E-state index is -0.573. The molecule has 0 N–H and O–H groups in total. The van der Waals surface area contributed by atoms with Crippen LogP contribution < -0.4 is 4.74 Å². The Balaban J connectivity index is 2.05. The van der Waals surface area contributed by atoms with E-state index in [1.54, 1.807) is 44.4 Å². The van der Waals surface area contributed by atoms with Crippen LogP contribution in [0.3, 0.4) is 0 Å². The summed E-state index contributed by atoms with van der Waals surface area (Å²) >= 11 is 0. The monoisotopic (exact) mass is 271 g/mol. The zero-order valence-corrected chi connectivity index (χ0v) is 11.1. The number of nitrogens with zero attached hydrogens (tertiary/aromatic N) is 1. The first-order valence-corrected chi connectivity index (χ1v) is 5.94. The number of ketones is 1. The van der Waals surface area contributed by atoms with Gasteiger partial charge in [0.25, 0.3) is 0 Å². The lowest BCUT2D eigenvalue weighted by molar-refractivity contribution is -0.111. The van der Waals surface area contributed by atoms with E-state index < -0.39 is 5.97 Å². The second-order valence-corrected chi connectivity index (χ2v) is 4.15. The predicted octanol–water partition coefficient (Wildman–Crippen LogP) is 2.29. The Morgan fingerprint density at radius 1 is 1.15 bits per heavy atom. The first kappa shape index (κ1) is 13.7. The van der Waals surface area contributed by atoms with Gasteiger partial charge in [-0.2, -0.15) is 0 Å². The molecule has 0 amide bonds. The van der Waals surface area contributed by atoms with Crippen molar-refractivity contribution in [3.63, 3.8) is 0 Å². The number of allylic oxidation sites excluding steroid dienone is 4. The lowest BCUT2D eigenvalue weighted by Gasteiger charge is -2.04. The van der Waals surface area contributed by atoms with Crippen LogP contribution in [0.4, 0.5) is 0 Å². The summed E-state index contributed by atoms with van der Waals surface area (Å²) in [6.07, 6.45) is 4.44. The Kier molecular flexibility index (Phi) is 4.10. The molecule has 102 valence electrons. The molecule has 20 heavy (non-hydrogen) atoms. The number of oxime groups is 1. The lowest BCUT2D eigenvalue weighted by atomic mass is 10.1. The average Bonchev–Trinajstić information content (AvgIpc) is 2.48. The van der Waals surface area contributed by atoms with Crippen LogP contribution in [0.25, 0.3) is 0 Å². The second-order valence-electron chi connectivity index (χ2n) is 4.15. The van der Waals surface area contributed by atoms with E-state index in [4.69, 9.17) is 9.57 Å². The molecule has 1 aromatic rings. The third kappa shape index (κ3) is 3.20. The number of benzene rings is 1. The SMILES string of the molecule is COc1ccc(C(=O)ON=C2C=CC(=O)C(C)=C2)cc1. The van der Waals surface area contributed by atoms with E-state index in [0.29, 0.717) is 22.6 Å². The highest BCUT2D eigenvalue weighted by Gasteiger charge is 2.10. The van der Waals surface area contributed by atoms with E-state index in [2.05, 4.69) is 5.16 Å². The number of hydrogen-bond acceptors (Lipinski definition) is 5. The zero-order valence-electron chi connectivity index (χ0n) is 11.1. The lowest BCUT2D eigenvalue weighted by Crippen LogP contribution is -2.07. The van der Waals surface area contributed by atoms with Crippen LogP contribution in [0.2, 0.25) is 0 Å². The standard InChI is InChI=1S/C15H13NO4/c1-10-9-12(5-8-14(10)17)16-20-15(18)11-3-6-13(19-2)7-4-11/h3-9H,1-2H3. The summed E-state index contributed by atoms with van der Waals surface area (Å²) in [7, 11) is 1.55. The highest BCUT2D eigenvalue weighted by molar-refractivity contribution is 6.18. The minimum Gasteiger partial charge on any atom is -0.497 e. The first-order valence-electron chi connectivity index (χ1n) is 5.94. The number of ether oxygens (including phenoxy) is 1. The normalized spacial score (nSPS) is 16.0. The van der Waals surface area contributed by atoms with Gasteiger partial charge in [-0.05, 0) is 55.0 Å². The minimum absolute atomic E-state index is 0.0783. The Labute approximate surface area is 116 Å². The second kappa shape index (κ2) is 5.97. The maximum Gasteiger partial charge on any atom is 0.365 e. The van der Waals surface area contributed by atoms with E-state index >= 15 is 0 Å². The Hall–Kier alpha value is -2.69. The molecule has 0 aliphatic heterocycles. The molecule has 5 nitrogen and oxygen atoms in total. The van der Waals surface area contributed by atoms with Gasteiger partial charge in [0, 0.05) is 0 Å². The molecular weight excluding hydrogens is 258 g/mol. The van der Waals surface area contributed by atoms with Crippen molar-refractivity contribution in [1.82, 2.24) is 0 Å². The maximum absolute atomic E-state index is 11.8. The summed E-state index contributed by atoms with van der Waals surface area (Å²) in [5.74, 6) is 0.00193. The van der Waals surface area contributed by atoms with Gasteiger partial charge in [-0.25, -0.2) is 4.79 Å². The van der Waals surface area contributed by atoms with Crippen molar-refractivity contribution < 1.29 is 19.2 Å². The van der Waals surface area contributed by atoms with Gasteiger partial charge in [-0.1, -0.05) is 5.16 Å². The molecule has 0 heterocycles. The van der Waals surface area contributed by atoms with Gasteiger partial charge in [0.2, 0.25) is 0 Å². The summed E-state index contributed by atoms with van der Waals surface area (Å²) in [6.45, 7) is 1.67. The highest BCUT2D eigenvalue weighted by Crippen LogP contribution is 2.12. The average molecular weight is 271 g/mol. The number of carbonyl (C=O) groups excluding carboxylic acids is 2. The van der Waals surface area contributed by atoms with Crippen molar-refractivity contribution in [3.8, 4) is 5.75 Å². The van der Waals surface area contributed by atoms with Gasteiger partial charge in [-0.15, -0.1) is 0 Å². The first-order chi connectivity index (χ1) is 9.60. The summed E-state index contributed by atoms with van der Waals surface area (Å²) in [5.41, 5.74) is 1.34. The van der Waals surface area contributed by atoms with Crippen LogP contribution >= 0.6 is 0 Å². The van der Waals surface area contributed by atoms with Crippen LogP contribution in [-0.2, 0) is 9.63 Å². The molecule has 0 radical (unpaired) electrons. The number of hydrogen-bond donors (Lipinski definition) is 0. The van der Waals surface area contributed by atoms with E-state index in [-0.39, 0.29) is 5.78 Å². The quantitative estimate of drug-likeness (QED) is 0.480. The van der Waals surface area contributed by atoms with Crippen molar-refractivity contribution in [3.05, 3.63) is 53.6 Å². The van der Waals surface area contributed by atoms with Gasteiger partial charge < -0.3 is 9.57 Å². The molecule has 0 saturated carbocycles. The van der Waals surface area contributed by atoms with Crippen molar-refractivity contribution in [1.29, 1.82) is 0 Å². The van der Waals surface area contributed by atoms with Crippen molar-refractivity contribution in [2.24, 2.45) is 5.16 Å². The van der Waals surface area contributed by atoms with Crippen LogP contribution in [-0.4, -0.2) is 24.6 Å². The molecular formula is C15H13NO4. The Morgan fingerprint density at radius 3 is 2.45 bits per heavy atom. The van der Waals surface area contributed by atoms with Gasteiger partial charge >= 0.3 is 5.97 Å². The van der Waals surface area contributed by atoms with E-state index in [1.807, 2.05) is 0 Å². The maximum atomic E-state index is 11.8. The molecule has 1 aliphatic carbocycles. The number of methoxy groups -OCH3 is 1. The molecule has 0 aromatic heterocycles. The van der Waals surface area contributed by atoms with Crippen molar-refractivity contribution in [2.75, 3.05) is 7.11 Å². The fraction of sp³-hybridized carbons (Fsp3) is 0.133. The molecule has 0 atom stereocenters. The molecule has 1 aliphatic rings. The van der Waals surface area contributed by atoms with Crippen LogP contribution in [0.1, 0.15) is 17.3 Å². The molecule has 0 bridgehead atoms. The van der Waals surface area contributed by atoms with Gasteiger partial charge in [0.05, 0.1) is 12.7 Å². The molecule has 0 fully saturated rings. The molecule has 0 spiro atoms. The predicted molar refractivity (Wildman–Crippen MR) is 73.7 cm³/mol. The molecule has 5 heteroatoms. The molecule has 1 aromatic carbocycles. The van der Waals surface area contributed by atoms with Crippen molar-refractivity contribution in [2.45, 2.75) is 6.92 Å². The molecule has 0 saturated heterocycles. The molecule has 2 rings (SSSR count).